The maximum absolute atomic E-state index is 13.4. The van der Waals surface area contributed by atoms with Crippen molar-refractivity contribution < 1.29 is 9.50 Å². The van der Waals surface area contributed by atoms with Crippen LogP contribution < -0.4 is 0 Å². The van der Waals surface area contributed by atoms with Gasteiger partial charge in [-0.05, 0) is 11.5 Å². The van der Waals surface area contributed by atoms with Crippen LogP contribution in [-0.2, 0) is 5.41 Å². The predicted molar refractivity (Wildman–Crippen MR) is 54.5 cm³/mol. The third-order valence-electron chi connectivity index (χ3n) is 1.78. The monoisotopic (exact) mass is 246 g/mol. The van der Waals surface area contributed by atoms with E-state index in [0.29, 0.717) is 10.0 Å². The maximum Gasteiger partial charge on any atom is 0.131 e. The van der Waals surface area contributed by atoms with Crippen molar-refractivity contribution in [3.8, 4) is 5.75 Å². The zero-order valence-electron chi connectivity index (χ0n) is 7.86. The number of hydrogen-bond acceptors (Lipinski definition) is 1. The molecule has 0 radical (unpaired) electrons. The molecule has 0 fully saturated rings. The van der Waals surface area contributed by atoms with Crippen LogP contribution in [-0.4, -0.2) is 5.11 Å². The third kappa shape index (κ3) is 2.21. The Morgan fingerprint density at radius 1 is 1.31 bits per heavy atom. The summed E-state index contributed by atoms with van der Waals surface area (Å²) < 4.78 is 14.0. The lowest BCUT2D eigenvalue weighted by Gasteiger charge is -2.21. The molecule has 0 spiro atoms. The highest BCUT2D eigenvalue weighted by atomic mass is 79.9. The average Bonchev–Trinajstić information content (AvgIpc) is 1.78. The summed E-state index contributed by atoms with van der Waals surface area (Å²) in [5, 5.41) is 9.11. The second kappa shape index (κ2) is 3.29. The van der Waals surface area contributed by atoms with Crippen LogP contribution in [0.3, 0.4) is 0 Å². The van der Waals surface area contributed by atoms with Crippen molar-refractivity contribution >= 4 is 15.9 Å². The second-order valence-corrected chi connectivity index (χ2v) is 4.89. The third-order valence-corrected chi connectivity index (χ3v) is 2.40. The van der Waals surface area contributed by atoms with E-state index in [1.54, 1.807) is 0 Å². The van der Waals surface area contributed by atoms with Gasteiger partial charge >= 0.3 is 0 Å². The molecule has 0 unspecified atom stereocenters. The predicted octanol–water partition coefficient (Wildman–Crippen LogP) is 3.59. The van der Waals surface area contributed by atoms with Gasteiger partial charge < -0.3 is 5.11 Å². The number of hydrogen-bond donors (Lipinski definition) is 1. The molecule has 0 atom stereocenters. The molecule has 0 amide bonds. The Bertz CT molecular complexity index is 305. The summed E-state index contributed by atoms with van der Waals surface area (Å²) in [7, 11) is 0. The summed E-state index contributed by atoms with van der Waals surface area (Å²) in [5.74, 6) is -0.434. The molecule has 1 nitrogen and oxygen atoms in total. The zero-order valence-corrected chi connectivity index (χ0v) is 9.44. The molecular weight excluding hydrogens is 235 g/mol. The summed E-state index contributed by atoms with van der Waals surface area (Å²) in [5.41, 5.74) is 0.321. The van der Waals surface area contributed by atoms with Crippen LogP contribution in [0.5, 0.6) is 5.75 Å². The van der Waals surface area contributed by atoms with E-state index in [9.17, 15) is 4.39 Å². The number of phenols is 1. The molecule has 0 aliphatic rings. The molecule has 1 aromatic rings. The normalized spacial score (nSPS) is 11.8. The zero-order chi connectivity index (χ0) is 10.2. The van der Waals surface area contributed by atoms with Gasteiger partial charge in [0.1, 0.15) is 11.6 Å². The first kappa shape index (κ1) is 10.5. The van der Waals surface area contributed by atoms with Gasteiger partial charge in [0.05, 0.1) is 0 Å². The number of aromatic hydroxyl groups is 1. The van der Waals surface area contributed by atoms with Gasteiger partial charge in [0.25, 0.3) is 0 Å². The number of benzene rings is 1. The standard InChI is InChI=1S/C10H12BrFO/c1-10(2,3)9-7(11)4-6(13)5-8(9)12/h4-5,13H,1-3H3. The number of phenolic OH excluding ortho intramolecular Hbond substituents is 1. The summed E-state index contributed by atoms with van der Waals surface area (Å²) in [6.07, 6.45) is 0. The van der Waals surface area contributed by atoms with E-state index < -0.39 is 0 Å². The smallest absolute Gasteiger partial charge is 0.131 e. The highest BCUT2D eigenvalue weighted by molar-refractivity contribution is 9.10. The van der Waals surface area contributed by atoms with Gasteiger partial charge in [0, 0.05) is 16.1 Å². The van der Waals surface area contributed by atoms with E-state index in [1.807, 2.05) is 20.8 Å². The molecule has 3 heteroatoms. The Labute approximate surface area is 85.7 Å². The van der Waals surface area contributed by atoms with Crippen LogP contribution in [0.1, 0.15) is 26.3 Å². The summed E-state index contributed by atoms with van der Waals surface area (Å²) >= 11 is 3.23. The fraction of sp³-hybridized carbons (Fsp3) is 0.400. The highest BCUT2D eigenvalue weighted by Gasteiger charge is 2.22. The van der Waals surface area contributed by atoms with Gasteiger partial charge in [-0.15, -0.1) is 0 Å². The van der Waals surface area contributed by atoms with E-state index in [-0.39, 0.29) is 17.0 Å². The molecule has 13 heavy (non-hydrogen) atoms. The van der Waals surface area contributed by atoms with Crippen LogP contribution in [0.2, 0.25) is 0 Å². The molecule has 0 saturated carbocycles. The molecule has 0 aliphatic heterocycles. The minimum atomic E-state index is -0.376. The Hall–Kier alpha value is -0.570. The van der Waals surface area contributed by atoms with Crippen LogP contribution in [0, 0.1) is 5.82 Å². The summed E-state index contributed by atoms with van der Waals surface area (Å²) in [6, 6.07) is 2.63. The van der Waals surface area contributed by atoms with Crippen LogP contribution in [0.25, 0.3) is 0 Å². The first-order valence-electron chi connectivity index (χ1n) is 4.01. The largest absolute Gasteiger partial charge is 0.508 e. The molecule has 0 aromatic heterocycles. The Morgan fingerprint density at radius 2 is 1.85 bits per heavy atom. The van der Waals surface area contributed by atoms with Gasteiger partial charge in [-0.2, -0.15) is 0 Å². The van der Waals surface area contributed by atoms with Crippen LogP contribution in [0.4, 0.5) is 4.39 Å². The average molecular weight is 247 g/mol. The SMILES string of the molecule is CC(C)(C)c1c(F)cc(O)cc1Br. The molecule has 1 aromatic carbocycles. The minimum absolute atomic E-state index is 0.0580. The van der Waals surface area contributed by atoms with Crippen molar-refractivity contribution in [2.75, 3.05) is 0 Å². The van der Waals surface area contributed by atoms with E-state index in [1.165, 1.54) is 6.07 Å². The first-order valence-corrected chi connectivity index (χ1v) is 4.80. The fourth-order valence-corrected chi connectivity index (χ4v) is 2.29. The van der Waals surface area contributed by atoms with Gasteiger partial charge in [0.15, 0.2) is 0 Å². The lowest BCUT2D eigenvalue weighted by Crippen LogP contribution is -2.14. The van der Waals surface area contributed by atoms with Gasteiger partial charge in [-0.3, -0.25) is 0 Å². The molecule has 1 rings (SSSR count). The lowest BCUT2D eigenvalue weighted by atomic mass is 9.86. The first-order chi connectivity index (χ1) is 5.82. The number of rotatable bonds is 0. The van der Waals surface area contributed by atoms with Crippen molar-refractivity contribution in [3.63, 3.8) is 0 Å². The second-order valence-electron chi connectivity index (χ2n) is 4.03. The van der Waals surface area contributed by atoms with Gasteiger partial charge in [-0.25, -0.2) is 4.39 Å². The molecule has 0 heterocycles. The van der Waals surface area contributed by atoms with Crippen molar-refractivity contribution in [1.29, 1.82) is 0 Å². The number of halogens is 2. The Morgan fingerprint density at radius 3 is 2.23 bits per heavy atom. The quantitative estimate of drug-likeness (QED) is 0.742. The van der Waals surface area contributed by atoms with E-state index in [2.05, 4.69) is 15.9 Å². The topological polar surface area (TPSA) is 20.2 Å². The maximum atomic E-state index is 13.4. The van der Waals surface area contributed by atoms with Crippen molar-refractivity contribution in [2.45, 2.75) is 26.2 Å². The van der Waals surface area contributed by atoms with E-state index >= 15 is 0 Å². The molecule has 0 saturated heterocycles. The summed E-state index contributed by atoms with van der Waals surface area (Å²) in [6.45, 7) is 5.77. The Balaban J connectivity index is 3.38. The minimum Gasteiger partial charge on any atom is -0.508 e. The van der Waals surface area contributed by atoms with Gasteiger partial charge in [0.2, 0.25) is 0 Å². The van der Waals surface area contributed by atoms with E-state index in [4.69, 9.17) is 5.11 Å². The molecule has 0 aliphatic carbocycles. The van der Waals surface area contributed by atoms with Crippen LogP contribution in [0.15, 0.2) is 16.6 Å². The van der Waals surface area contributed by atoms with E-state index in [0.717, 1.165) is 6.07 Å². The lowest BCUT2D eigenvalue weighted by molar-refractivity contribution is 0.460. The highest BCUT2D eigenvalue weighted by Crippen LogP contribution is 2.34. The van der Waals surface area contributed by atoms with Crippen molar-refractivity contribution in [2.24, 2.45) is 0 Å². The van der Waals surface area contributed by atoms with Crippen LogP contribution >= 0.6 is 15.9 Å². The molecule has 72 valence electrons. The fourth-order valence-electron chi connectivity index (χ4n) is 1.28. The van der Waals surface area contributed by atoms with Crippen molar-refractivity contribution in [3.05, 3.63) is 28.0 Å². The van der Waals surface area contributed by atoms with Crippen molar-refractivity contribution in [1.82, 2.24) is 0 Å². The molecule has 0 bridgehead atoms. The summed E-state index contributed by atoms with van der Waals surface area (Å²) in [4.78, 5) is 0. The van der Waals surface area contributed by atoms with Gasteiger partial charge in [-0.1, -0.05) is 36.7 Å². The molecule has 1 N–H and O–H groups in total. The Kier molecular flexibility index (Phi) is 2.66. The molecular formula is C10H12BrFO.